The molecule has 17 heavy (non-hydrogen) atoms. The third-order valence-electron chi connectivity index (χ3n) is 3.62. The van der Waals surface area contributed by atoms with Gasteiger partial charge in [0.2, 0.25) is 0 Å². The highest BCUT2D eigenvalue weighted by Gasteiger charge is 2.13. The predicted molar refractivity (Wildman–Crippen MR) is 71.5 cm³/mol. The fourth-order valence-corrected chi connectivity index (χ4v) is 2.36. The molecule has 1 atom stereocenters. The molecule has 0 saturated heterocycles. The molecule has 1 aliphatic heterocycles. The van der Waals surface area contributed by atoms with E-state index in [2.05, 4.69) is 42.4 Å². The summed E-state index contributed by atoms with van der Waals surface area (Å²) in [6.45, 7) is 4.25. The number of nitrogens with one attached hydrogen (secondary N) is 1. The first kappa shape index (κ1) is 12.4. The van der Waals surface area contributed by atoms with Gasteiger partial charge in [0.05, 0.1) is 6.61 Å². The van der Waals surface area contributed by atoms with Crippen LogP contribution in [0.3, 0.4) is 0 Å². The van der Waals surface area contributed by atoms with E-state index >= 15 is 0 Å². The normalized spacial score (nSPS) is 15.8. The monoisotopic (exact) mass is 234 g/mol. The van der Waals surface area contributed by atoms with Gasteiger partial charge in [0.1, 0.15) is 0 Å². The molecule has 1 unspecified atom stereocenters. The van der Waals surface area contributed by atoms with Crippen LogP contribution in [0.4, 0.5) is 5.69 Å². The first-order valence-corrected chi connectivity index (χ1v) is 6.37. The molecular formula is C14H22N2O. The average Bonchev–Trinajstić information content (AvgIpc) is 2.76. The highest BCUT2D eigenvalue weighted by Crippen LogP contribution is 2.23. The van der Waals surface area contributed by atoms with Crippen LogP contribution in [0, 0.1) is 0 Å². The van der Waals surface area contributed by atoms with Crippen LogP contribution < -0.4 is 5.32 Å². The summed E-state index contributed by atoms with van der Waals surface area (Å²) in [4.78, 5) is 2.20. The maximum atomic E-state index is 8.93. The van der Waals surface area contributed by atoms with Gasteiger partial charge in [-0.15, -0.1) is 0 Å². The SMILES string of the molecule is CC(Cc1ccc2c(c1)CCN2)N(C)CCO. The molecule has 0 saturated carbocycles. The quantitative estimate of drug-likeness (QED) is 0.810. The first-order chi connectivity index (χ1) is 8.20. The van der Waals surface area contributed by atoms with Crippen LogP contribution in [0.5, 0.6) is 0 Å². The van der Waals surface area contributed by atoms with Gasteiger partial charge in [-0.1, -0.05) is 12.1 Å². The van der Waals surface area contributed by atoms with Crippen LogP contribution >= 0.6 is 0 Å². The highest BCUT2D eigenvalue weighted by atomic mass is 16.3. The predicted octanol–water partition coefficient (Wildman–Crippen LogP) is 1.51. The van der Waals surface area contributed by atoms with Crippen LogP contribution in [0.25, 0.3) is 0 Å². The molecule has 1 aliphatic rings. The molecule has 94 valence electrons. The molecule has 2 N–H and O–H groups in total. The van der Waals surface area contributed by atoms with Crippen molar-refractivity contribution in [1.29, 1.82) is 0 Å². The standard InChI is InChI=1S/C14H22N2O/c1-11(16(2)7-8-17)9-12-3-4-14-13(10-12)5-6-15-14/h3-4,10-11,15,17H,5-9H2,1-2H3. The Bertz CT molecular complexity index is 378. The van der Waals surface area contributed by atoms with Gasteiger partial charge in [-0.25, -0.2) is 0 Å². The lowest BCUT2D eigenvalue weighted by atomic mass is 10.0. The van der Waals surface area contributed by atoms with Gasteiger partial charge in [0.15, 0.2) is 0 Å². The Balaban J connectivity index is 1.99. The number of aliphatic hydroxyl groups excluding tert-OH is 1. The second kappa shape index (κ2) is 5.52. The van der Waals surface area contributed by atoms with E-state index < -0.39 is 0 Å². The molecule has 2 rings (SSSR count). The molecule has 1 heterocycles. The molecule has 0 aliphatic carbocycles. The molecule has 1 aromatic rings. The summed E-state index contributed by atoms with van der Waals surface area (Å²) in [6.07, 6.45) is 2.19. The first-order valence-electron chi connectivity index (χ1n) is 6.37. The largest absolute Gasteiger partial charge is 0.395 e. The Hall–Kier alpha value is -1.06. The van der Waals surface area contributed by atoms with Gasteiger partial charge in [0.25, 0.3) is 0 Å². The van der Waals surface area contributed by atoms with Crippen LogP contribution in [0.1, 0.15) is 18.1 Å². The topological polar surface area (TPSA) is 35.5 Å². The van der Waals surface area contributed by atoms with E-state index in [1.54, 1.807) is 0 Å². The Labute approximate surface area is 103 Å². The Kier molecular flexibility index (Phi) is 4.02. The smallest absolute Gasteiger partial charge is 0.0558 e. The molecule has 3 heteroatoms. The highest BCUT2D eigenvalue weighted by molar-refractivity contribution is 5.56. The number of aliphatic hydroxyl groups is 1. The van der Waals surface area contributed by atoms with Gasteiger partial charge in [0, 0.05) is 24.8 Å². The van der Waals surface area contributed by atoms with Crippen molar-refractivity contribution in [3.05, 3.63) is 29.3 Å². The van der Waals surface area contributed by atoms with Crippen molar-refractivity contribution in [3.63, 3.8) is 0 Å². The van der Waals surface area contributed by atoms with Crippen LogP contribution in [-0.4, -0.2) is 42.8 Å². The Morgan fingerprint density at radius 2 is 2.29 bits per heavy atom. The fraction of sp³-hybridized carbons (Fsp3) is 0.571. The van der Waals surface area contributed by atoms with Crippen LogP contribution in [0.15, 0.2) is 18.2 Å². The van der Waals surface area contributed by atoms with E-state index in [1.165, 1.54) is 16.8 Å². The molecule has 0 amide bonds. The maximum Gasteiger partial charge on any atom is 0.0558 e. The van der Waals surface area contributed by atoms with Gasteiger partial charge in [-0.2, -0.15) is 0 Å². The van der Waals surface area contributed by atoms with Gasteiger partial charge < -0.3 is 15.3 Å². The van der Waals surface area contributed by atoms with Crippen molar-refractivity contribution in [2.45, 2.75) is 25.8 Å². The summed E-state index contributed by atoms with van der Waals surface area (Å²) in [6, 6.07) is 7.18. The van der Waals surface area contributed by atoms with Gasteiger partial charge in [-0.3, -0.25) is 0 Å². The van der Waals surface area contributed by atoms with Crippen molar-refractivity contribution in [3.8, 4) is 0 Å². The minimum atomic E-state index is 0.231. The van der Waals surface area contributed by atoms with Crippen LogP contribution in [-0.2, 0) is 12.8 Å². The lowest BCUT2D eigenvalue weighted by Gasteiger charge is -2.24. The average molecular weight is 234 g/mol. The molecule has 3 nitrogen and oxygen atoms in total. The number of hydrogen-bond donors (Lipinski definition) is 2. The van der Waals surface area contributed by atoms with Crippen molar-refractivity contribution in [1.82, 2.24) is 4.90 Å². The van der Waals surface area contributed by atoms with Crippen LogP contribution in [0.2, 0.25) is 0 Å². The summed E-state index contributed by atoms with van der Waals surface area (Å²) < 4.78 is 0. The summed E-state index contributed by atoms with van der Waals surface area (Å²) in [5.41, 5.74) is 4.13. The summed E-state index contributed by atoms with van der Waals surface area (Å²) in [7, 11) is 2.07. The molecular weight excluding hydrogens is 212 g/mol. The van der Waals surface area contributed by atoms with E-state index in [-0.39, 0.29) is 6.61 Å². The summed E-state index contributed by atoms with van der Waals surface area (Å²) in [5, 5.41) is 12.3. The Morgan fingerprint density at radius 1 is 1.47 bits per heavy atom. The molecule has 0 aromatic heterocycles. The number of likely N-dealkylation sites (N-methyl/N-ethyl adjacent to an activating group) is 1. The van der Waals surface area contributed by atoms with Crippen molar-refractivity contribution in [2.24, 2.45) is 0 Å². The number of nitrogens with zero attached hydrogens (tertiary/aromatic N) is 1. The van der Waals surface area contributed by atoms with E-state index in [0.29, 0.717) is 6.04 Å². The summed E-state index contributed by atoms with van der Waals surface area (Å²) >= 11 is 0. The summed E-state index contributed by atoms with van der Waals surface area (Å²) in [5.74, 6) is 0. The van der Waals surface area contributed by atoms with Gasteiger partial charge >= 0.3 is 0 Å². The molecule has 0 bridgehead atoms. The van der Waals surface area contributed by atoms with Crippen molar-refractivity contribution in [2.75, 3.05) is 32.1 Å². The molecule has 1 aromatic carbocycles. The second-order valence-electron chi connectivity index (χ2n) is 4.93. The lowest BCUT2D eigenvalue weighted by Crippen LogP contribution is -2.33. The zero-order valence-electron chi connectivity index (χ0n) is 10.7. The number of fused-ring (bicyclic) bond motifs is 1. The lowest BCUT2D eigenvalue weighted by molar-refractivity contribution is 0.187. The van der Waals surface area contributed by atoms with Gasteiger partial charge in [-0.05, 0) is 44.0 Å². The molecule has 0 fully saturated rings. The van der Waals surface area contributed by atoms with E-state index in [4.69, 9.17) is 5.11 Å². The van der Waals surface area contributed by atoms with Crippen molar-refractivity contribution < 1.29 is 5.11 Å². The maximum absolute atomic E-state index is 8.93. The number of benzene rings is 1. The molecule has 0 spiro atoms. The van der Waals surface area contributed by atoms with Crippen molar-refractivity contribution >= 4 is 5.69 Å². The number of anilines is 1. The fourth-order valence-electron chi connectivity index (χ4n) is 2.36. The van der Waals surface area contributed by atoms with E-state index in [0.717, 1.165) is 25.9 Å². The second-order valence-corrected chi connectivity index (χ2v) is 4.93. The number of rotatable bonds is 5. The molecule has 0 radical (unpaired) electrons. The van der Waals surface area contributed by atoms with E-state index in [1.807, 2.05) is 0 Å². The zero-order valence-corrected chi connectivity index (χ0v) is 10.7. The third-order valence-corrected chi connectivity index (χ3v) is 3.62. The minimum Gasteiger partial charge on any atom is -0.395 e. The minimum absolute atomic E-state index is 0.231. The number of hydrogen-bond acceptors (Lipinski definition) is 3. The third kappa shape index (κ3) is 2.99. The Morgan fingerprint density at radius 3 is 3.06 bits per heavy atom. The van der Waals surface area contributed by atoms with E-state index in [9.17, 15) is 0 Å². The zero-order chi connectivity index (χ0) is 12.3.